The summed E-state index contributed by atoms with van der Waals surface area (Å²) in [5.74, 6) is 0.972. The SMILES string of the molecule is Cc1cc([N+](=O)[O-])ccc1/N=C1/N[C@@H](Cc2ccccc2)CS1. The maximum absolute atomic E-state index is 10.8. The van der Waals surface area contributed by atoms with Gasteiger partial charge in [-0.3, -0.25) is 10.1 Å². The van der Waals surface area contributed by atoms with Crippen molar-refractivity contribution in [3.05, 3.63) is 69.8 Å². The van der Waals surface area contributed by atoms with Gasteiger partial charge in [0.25, 0.3) is 5.69 Å². The molecule has 1 aliphatic heterocycles. The largest absolute Gasteiger partial charge is 0.361 e. The number of amidine groups is 1. The van der Waals surface area contributed by atoms with Gasteiger partial charge in [-0.1, -0.05) is 42.1 Å². The number of hydrogen-bond acceptors (Lipinski definition) is 4. The highest BCUT2D eigenvalue weighted by Gasteiger charge is 2.21. The summed E-state index contributed by atoms with van der Waals surface area (Å²) in [6, 6.07) is 15.5. The molecular formula is C17H17N3O2S. The number of rotatable bonds is 4. The van der Waals surface area contributed by atoms with Crippen LogP contribution in [0, 0.1) is 17.0 Å². The highest BCUT2D eigenvalue weighted by Crippen LogP contribution is 2.26. The highest BCUT2D eigenvalue weighted by atomic mass is 32.2. The fourth-order valence-electron chi connectivity index (χ4n) is 2.50. The molecule has 3 rings (SSSR count). The minimum atomic E-state index is -0.387. The van der Waals surface area contributed by atoms with E-state index in [1.54, 1.807) is 23.9 Å². The predicted molar refractivity (Wildman–Crippen MR) is 94.5 cm³/mol. The molecule has 1 N–H and O–H groups in total. The van der Waals surface area contributed by atoms with Crippen LogP contribution in [0.2, 0.25) is 0 Å². The van der Waals surface area contributed by atoms with E-state index in [0.29, 0.717) is 6.04 Å². The minimum Gasteiger partial charge on any atom is -0.361 e. The molecule has 2 aromatic rings. The molecule has 23 heavy (non-hydrogen) atoms. The third kappa shape index (κ3) is 3.90. The Morgan fingerprint density at radius 3 is 2.78 bits per heavy atom. The lowest BCUT2D eigenvalue weighted by molar-refractivity contribution is -0.384. The van der Waals surface area contributed by atoms with Gasteiger partial charge in [-0.05, 0) is 30.5 Å². The van der Waals surface area contributed by atoms with E-state index < -0.39 is 0 Å². The monoisotopic (exact) mass is 327 g/mol. The van der Waals surface area contributed by atoms with Crippen LogP contribution in [-0.2, 0) is 6.42 Å². The van der Waals surface area contributed by atoms with Gasteiger partial charge in [0.1, 0.15) is 0 Å². The summed E-state index contributed by atoms with van der Waals surface area (Å²) >= 11 is 1.69. The van der Waals surface area contributed by atoms with Gasteiger partial charge in [0.2, 0.25) is 0 Å². The van der Waals surface area contributed by atoms with Crippen LogP contribution in [0.4, 0.5) is 11.4 Å². The molecule has 0 amide bonds. The normalized spacial score (nSPS) is 18.8. The Kier molecular flexibility index (Phi) is 4.62. The van der Waals surface area contributed by atoms with Gasteiger partial charge in [0, 0.05) is 23.9 Å². The molecular weight excluding hydrogens is 310 g/mol. The number of benzene rings is 2. The predicted octanol–water partition coefficient (Wildman–Crippen LogP) is 3.84. The van der Waals surface area contributed by atoms with Crippen LogP contribution in [0.15, 0.2) is 53.5 Å². The molecule has 0 saturated carbocycles. The smallest absolute Gasteiger partial charge is 0.269 e. The number of nitro groups is 1. The van der Waals surface area contributed by atoms with Gasteiger partial charge in [0.15, 0.2) is 5.17 Å². The second kappa shape index (κ2) is 6.83. The molecule has 1 fully saturated rings. The average Bonchev–Trinajstić information content (AvgIpc) is 2.97. The van der Waals surface area contributed by atoms with Crippen molar-refractivity contribution < 1.29 is 4.92 Å². The maximum Gasteiger partial charge on any atom is 0.269 e. The van der Waals surface area contributed by atoms with E-state index in [9.17, 15) is 10.1 Å². The first-order chi connectivity index (χ1) is 11.1. The Bertz CT molecular complexity index is 747. The molecule has 1 saturated heterocycles. The third-order valence-corrected chi connectivity index (χ3v) is 4.74. The molecule has 0 spiro atoms. The van der Waals surface area contributed by atoms with E-state index in [-0.39, 0.29) is 10.6 Å². The lowest BCUT2D eigenvalue weighted by Crippen LogP contribution is -2.28. The zero-order chi connectivity index (χ0) is 16.2. The molecule has 0 aliphatic carbocycles. The van der Waals surface area contributed by atoms with E-state index in [0.717, 1.165) is 28.6 Å². The number of thioether (sulfide) groups is 1. The van der Waals surface area contributed by atoms with Crippen LogP contribution in [0.3, 0.4) is 0 Å². The number of aryl methyl sites for hydroxylation is 1. The number of nitro benzene ring substituents is 1. The summed E-state index contributed by atoms with van der Waals surface area (Å²) in [6.45, 7) is 1.84. The van der Waals surface area contributed by atoms with Crippen LogP contribution in [0.25, 0.3) is 0 Å². The number of non-ortho nitro benzene ring substituents is 1. The Morgan fingerprint density at radius 1 is 1.30 bits per heavy atom. The van der Waals surface area contributed by atoms with Crippen LogP contribution < -0.4 is 5.32 Å². The van der Waals surface area contributed by atoms with Crippen LogP contribution in [0.1, 0.15) is 11.1 Å². The lowest BCUT2D eigenvalue weighted by Gasteiger charge is -2.09. The molecule has 0 bridgehead atoms. The standard InChI is InChI=1S/C17H17N3O2S/c1-12-9-15(20(21)22)7-8-16(12)19-17-18-14(11-23-17)10-13-5-3-2-4-6-13/h2-9,14H,10-11H2,1H3,(H,18,19)/t14-/m0/s1. The zero-order valence-electron chi connectivity index (χ0n) is 12.7. The fourth-order valence-corrected chi connectivity index (χ4v) is 3.47. The molecule has 1 aliphatic rings. The number of nitrogens with one attached hydrogen (secondary N) is 1. The van der Waals surface area contributed by atoms with E-state index >= 15 is 0 Å². The number of hydrogen-bond donors (Lipinski definition) is 1. The second-order valence-corrected chi connectivity index (χ2v) is 6.50. The molecule has 2 aromatic carbocycles. The van der Waals surface area contributed by atoms with Gasteiger partial charge in [0.05, 0.1) is 10.6 Å². The topological polar surface area (TPSA) is 67.5 Å². The van der Waals surface area contributed by atoms with Gasteiger partial charge in [-0.25, -0.2) is 4.99 Å². The summed E-state index contributed by atoms with van der Waals surface area (Å²) in [5.41, 5.74) is 2.98. The van der Waals surface area contributed by atoms with E-state index in [1.165, 1.54) is 11.6 Å². The molecule has 1 heterocycles. The van der Waals surface area contributed by atoms with E-state index in [4.69, 9.17) is 0 Å². The first-order valence-electron chi connectivity index (χ1n) is 7.39. The summed E-state index contributed by atoms with van der Waals surface area (Å²) in [5, 5.41) is 15.1. The second-order valence-electron chi connectivity index (χ2n) is 5.49. The molecule has 118 valence electrons. The first-order valence-corrected chi connectivity index (χ1v) is 8.37. The molecule has 0 radical (unpaired) electrons. The highest BCUT2D eigenvalue weighted by molar-refractivity contribution is 8.14. The maximum atomic E-state index is 10.8. The van der Waals surface area contributed by atoms with Crippen molar-refractivity contribution in [1.82, 2.24) is 5.32 Å². The van der Waals surface area contributed by atoms with E-state index in [1.807, 2.05) is 25.1 Å². The van der Waals surface area contributed by atoms with E-state index in [2.05, 4.69) is 22.4 Å². The molecule has 0 aromatic heterocycles. The first kappa shape index (κ1) is 15.6. The van der Waals surface area contributed by atoms with Crippen molar-refractivity contribution in [3.63, 3.8) is 0 Å². The van der Waals surface area contributed by atoms with Gasteiger partial charge in [-0.2, -0.15) is 0 Å². The molecule has 1 atom stereocenters. The van der Waals surface area contributed by atoms with Crippen LogP contribution >= 0.6 is 11.8 Å². The summed E-state index contributed by atoms with van der Waals surface area (Å²) in [7, 11) is 0. The van der Waals surface area contributed by atoms with Gasteiger partial charge >= 0.3 is 0 Å². The van der Waals surface area contributed by atoms with Crippen molar-refractivity contribution in [2.24, 2.45) is 4.99 Å². The van der Waals surface area contributed by atoms with Gasteiger partial charge in [-0.15, -0.1) is 0 Å². The summed E-state index contributed by atoms with van der Waals surface area (Å²) in [6.07, 6.45) is 0.964. The van der Waals surface area contributed by atoms with Crippen LogP contribution in [-0.4, -0.2) is 21.9 Å². The van der Waals surface area contributed by atoms with Crippen LogP contribution in [0.5, 0.6) is 0 Å². The van der Waals surface area contributed by atoms with Crippen molar-refractivity contribution in [2.45, 2.75) is 19.4 Å². The third-order valence-electron chi connectivity index (χ3n) is 3.69. The zero-order valence-corrected chi connectivity index (χ0v) is 13.5. The number of aliphatic imine (C=N–C) groups is 1. The Labute approximate surface area is 139 Å². The minimum absolute atomic E-state index is 0.0976. The Balaban J connectivity index is 1.69. The Morgan fingerprint density at radius 2 is 2.09 bits per heavy atom. The van der Waals surface area contributed by atoms with Crippen molar-refractivity contribution in [2.75, 3.05) is 5.75 Å². The fraction of sp³-hybridized carbons (Fsp3) is 0.235. The van der Waals surface area contributed by atoms with Crippen molar-refractivity contribution >= 4 is 28.3 Å². The molecule has 0 unspecified atom stereocenters. The van der Waals surface area contributed by atoms with Crippen molar-refractivity contribution in [3.8, 4) is 0 Å². The summed E-state index contributed by atoms with van der Waals surface area (Å²) < 4.78 is 0. The average molecular weight is 327 g/mol. The van der Waals surface area contributed by atoms with Gasteiger partial charge < -0.3 is 5.32 Å². The quantitative estimate of drug-likeness (QED) is 0.684. The van der Waals surface area contributed by atoms with Crippen molar-refractivity contribution in [1.29, 1.82) is 0 Å². The summed E-state index contributed by atoms with van der Waals surface area (Å²) in [4.78, 5) is 15.0. The number of nitrogens with zero attached hydrogens (tertiary/aromatic N) is 2. The molecule has 5 nitrogen and oxygen atoms in total. The lowest BCUT2D eigenvalue weighted by atomic mass is 10.1. The Hall–Kier alpha value is -2.34. The molecule has 6 heteroatoms.